The van der Waals surface area contributed by atoms with Crippen LogP contribution in [0.5, 0.6) is 0 Å². The highest BCUT2D eigenvalue weighted by Crippen LogP contribution is 2.38. The van der Waals surface area contributed by atoms with Crippen molar-refractivity contribution >= 4 is 5.82 Å². The summed E-state index contributed by atoms with van der Waals surface area (Å²) < 4.78 is 40.2. The lowest BCUT2D eigenvalue weighted by Gasteiger charge is -2.27. The molecule has 0 radical (unpaired) electrons. The Hall–Kier alpha value is -1.20. The molecule has 2 rings (SSSR count). The van der Waals surface area contributed by atoms with Gasteiger partial charge in [0.25, 0.3) is 0 Å². The lowest BCUT2D eigenvalue weighted by molar-refractivity contribution is -0.171. The van der Waals surface area contributed by atoms with Crippen LogP contribution < -0.4 is 5.32 Å². The molecule has 0 aliphatic carbocycles. The fourth-order valence-electron chi connectivity index (χ4n) is 2.76. The van der Waals surface area contributed by atoms with E-state index in [0.29, 0.717) is 12.4 Å². The zero-order chi connectivity index (χ0) is 14.8. The van der Waals surface area contributed by atoms with Crippen LogP contribution in [0.25, 0.3) is 0 Å². The SMILES string of the molecule is CCCCC(CC)c1cc2n(n1)C(C(F)(F)F)CCN2. The molecule has 114 valence electrons. The second-order valence-electron chi connectivity index (χ2n) is 5.42. The van der Waals surface area contributed by atoms with Gasteiger partial charge in [-0.05, 0) is 19.3 Å². The topological polar surface area (TPSA) is 29.9 Å². The van der Waals surface area contributed by atoms with Gasteiger partial charge in [0.05, 0.1) is 5.69 Å². The number of hydrogen-bond donors (Lipinski definition) is 1. The van der Waals surface area contributed by atoms with Crippen LogP contribution >= 0.6 is 0 Å². The van der Waals surface area contributed by atoms with Crippen LogP contribution in [0.4, 0.5) is 19.0 Å². The van der Waals surface area contributed by atoms with Crippen molar-refractivity contribution in [2.24, 2.45) is 0 Å². The minimum absolute atomic E-state index is 0.0450. The molecule has 0 bridgehead atoms. The third-order valence-corrected chi connectivity index (χ3v) is 3.97. The summed E-state index contributed by atoms with van der Waals surface area (Å²) in [6.45, 7) is 4.53. The van der Waals surface area contributed by atoms with Crippen molar-refractivity contribution in [1.29, 1.82) is 0 Å². The Morgan fingerprint density at radius 2 is 2.20 bits per heavy atom. The largest absolute Gasteiger partial charge is 0.410 e. The van der Waals surface area contributed by atoms with Crippen LogP contribution in [-0.4, -0.2) is 22.5 Å². The molecule has 3 nitrogen and oxygen atoms in total. The van der Waals surface area contributed by atoms with Gasteiger partial charge in [-0.25, -0.2) is 4.68 Å². The summed E-state index contributed by atoms with van der Waals surface area (Å²) in [7, 11) is 0. The average Bonchev–Trinajstić information content (AvgIpc) is 2.81. The molecule has 2 atom stereocenters. The van der Waals surface area contributed by atoms with Gasteiger partial charge in [0.1, 0.15) is 5.82 Å². The van der Waals surface area contributed by atoms with Gasteiger partial charge >= 0.3 is 6.18 Å². The molecule has 0 fully saturated rings. The highest BCUT2D eigenvalue weighted by atomic mass is 19.4. The van der Waals surface area contributed by atoms with Crippen molar-refractivity contribution in [2.75, 3.05) is 11.9 Å². The Bertz CT molecular complexity index is 439. The first kappa shape index (κ1) is 15.2. The predicted molar refractivity (Wildman–Crippen MR) is 73.0 cm³/mol. The normalized spacial score (nSPS) is 20.4. The first-order chi connectivity index (χ1) is 9.47. The molecule has 0 saturated carbocycles. The molecule has 1 aromatic heterocycles. The quantitative estimate of drug-likeness (QED) is 0.865. The van der Waals surface area contributed by atoms with Crippen LogP contribution in [0, 0.1) is 0 Å². The Morgan fingerprint density at radius 1 is 1.45 bits per heavy atom. The maximum Gasteiger partial charge on any atom is 0.410 e. The summed E-state index contributed by atoms with van der Waals surface area (Å²) in [6.07, 6.45) is -0.119. The lowest BCUT2D eigenvalue weighted by Crippen LogP contribution is -2.33. The number of fused-ring (bicyclic) bond motifs is 1. The minimum Gasteiger partial charge on any atom is -0.370 e. The number of alkyl halides is 3. The van der Waals surface area contributed by atoms with Crippen LogP contribution in [0.3, 0.4) is 0 Å². The minimum atomic E-state index is -4.23. The van der Waals surface area contributed by atoms with E-state index in [9.17, 15) is 13.2 Å². The van der Waals surface area contributed by atoms with Crippen LogP contribution in [0.2, 0.25) is 0 Å². The van der Waals surface area contributed by atoms with Gasteiger partial charge in [0.2, 0.25) is 0 Å². The molecule has 2 unspecified atom stereocenters. The van der Waals surface area contributed by atoms with E-state index in [-0.39, 0.29) is 12.3 Å². The van der Waals surface area contributed by atoms with E-state index in [2.05, 4.69) is 24.3 Å². The molecule has 0 amide bonds. The van der Waals surface area contributed by atoms with E-state index in [1.807, 2.05) is 0 Å². The third-order valence-electron chi connectivity index (χ3n) is 3.97. The second-order valence-corrected chi connectivity index (χ2v) is 5.42. The van der Waals surface area contributed by atoms with Crippen molar-refractivity contribution in [2.45, 2.75) is 64.1 Å². The van der Waals surface area contributed by atoms with Gasteiger partial charge in [0.15, 0.2) is 6.04 Å². The van der Waals surface area contributed by atoms with Gasteiger partial charge in [-0.15, -0.1) is 0 Å². The van der Waals surface area contributed by atoms with Crippen molar-refractivity contribution in [3.8, 4) is 0 Å². The molecule has 2 heterocycles. The smallest absolute Gasteiger partial charge is 0.370 e. The van der Waals surface area contributed by atoms with Crippen molar-refractivity contribution in [3.05, 3.63) is 11.8 Å². The molecule has 6 heteroatoms. The number of nitrogens with one attached hydrogen (secondary N) is 1. The molecule has 1 aliphatic rings. The zero-order valence-corrected chi connectivity index (χ0v) is 12.0. The first-order valence-corrected chi connectivity index (χ1v) is 7.37. The Kier molecular flexibility index (Phi) is 4.60. The molecule has 0 spiro atoms. The molecule has 1 aromatic rings. The molecular weight excluding hydrogens is 267 g/mol. The maximum absolute atomic E-state index is 13.0. The highest BCUT2D eigenvalue weighted by Gasteiger charge is 2.44. The summed E-state index contributed by atoms with van der Waals surface area (Å²) in [6, 6.07) is 0.304. The fourth-order valence-corrected chi connectivity index (χ4v) is 2.76. The Morgan fingerprint density at radius 3 is 2.80 bits per heavy atom. The van der Waals surface area contributed by atoms with E-state index in [4.69, 9.17) is 0 Å². The third kappa shape index (κ3) is 3.10. The molecular formula is C14H22F3N3. The monoisotopic (exact) mass is 289 g/mol. The number of aromatic nitrogens is 2. The van der Waals surface area contributed by atoms with Crippen molar-refractivity contribution in [3.63, 3.8) is 0 Å². The fraction of sp³-hybridized carbons (Fsp3) is 0.786. The number of hydrogen-bond acceptors (Lipinski definition) is 2. The summed E-state index contributed by atoms with van der Waals surface area (Å²) in [5.74, 6) is 0.757. The van der Waals surface area contributed by atoms with Gasteiger partial charge in [0, 0.05) is 18.5 Å². The van der Waals surface area contributed by atoms with E-state index >= 15 is 0 Å². The molecule has 1 aliphatic heterocycles. The molecule has 20 heavy (non-hydrogen) atoms. The average molecular weight is 289 g/mol. The van der Waals surface area contributed by atoms with E-state index in [1.165, 1.54) is 0 Å². The van der Waals surface area contributed by atoms with Gasteiger partial charge < -0.3 is 5.32 Å². The number of anilines is 1. The molecule has 1 N–H and O–H groups in total. The first-order valence-electron chi connectivity index (χ1n) is 7.37. The van der Waals surface area contributed by atoms with E-state index in [1.54, 1.807) is 6.07 Å². The standard InChI is InChI=1S/C14H22F3N3/c1-3-5-6-10(4-2)11-9-13-18-8-7-12(14(15,16)17)20(13)19-11/h9-10,12,18H,3-8H2,1-2H3. The number of halogens is 3. The Labute approximate surface area is 117 Å². The number of unbranched alkanes of at least 4 members (excludes halogenated alkanes) is 1. The van der Waals surface area contributed by atoms with Gasteiger partial charge in [-0.2, -0.15) is 18.3 Å². The van der Waals surface area contributed by atoms with Gasteiger partial charge in [-0.1, -0.05) is 26.7 Å². The van der Waals surface area contributed by atoms with Crippen LogP contribution in [-0.2, 0) is 0 Å². The Balaban J connectivity index is 2.24. The zero-order valence-electron chi connectivity index (χ0n) is 12.0. The number of rotatable bonds is 5. The molecule has 0 aromatic carbocycles. The van der Waals surface area contributed by atoms with Crippen molar-refractivity contribution < 1.29 is 13.2 Å². The maximum atomic E-state index is 13.0. The van der Waals surface area contributed by atoms with Gasteiger partial charge in [-0.3, -0.25) is 0 Å². The van der Waals surface area contributed by atoms with Crippen LogP contribution in [0.1, 0.15) is 63.6 Å². The predicted octanol–water partition coefficient (Wildman–Crippen LogP) is 4.49. The highest BCUT2D eigenvalue weighted by molar-refractivity contribution is 5.40. The molecule has 0 saturated heterocycles. The van der Waals surface area contributed by atoms with Crippen molar-refractivity contribution in [1.82, 2.24) is 9.78 Å². The summed E-state index contributed by atoms with van der Waals surface area (Å²) in [5, 5.41) is 7.28. The van der Waals surface area contributed by atoms with E-state index in [0.717, 1.165) is 36.1 Å². The summed E-state index contributed by atoms with van der Waals surface area (Å²) in [5.41, 5.74) is 0.791. The lowest BCUT2D eigenvalue weighted by atomic mass is 9.96. The number of nitrogens with zero attached hydrogens (tertiary/aromatic N) is 2. The summed E-state index contributed by atoms with van der Waals surface area (Å²) in [4.78, 5) is 0. The second kappa shape index (κ2) is 6.06. The van der Waals surface area contributed by atoms with E-state index < -0.39 is 12.2 Å². The summed E-state index contributed by atoms with van der Waals surface area (Å²) >= 11 is 0. The van der Waals surface area contributed by atoms with Crippen LogP contribution in [0.15, 0.2) is 6.07 Å².